The second kappa shape index (κ2) is 8.28. The largest absolute Gasteiger partial charge is 0.493 e. The lowest BCUT2D eigenvalue weighted by Gasteiger charge is -2.32. The van der Waals surface area contributed by atoms with Crippen molar-refractivity contribution in [3.05, 3.63) is 46.8 Å². The maximum absolute atomic E-state index is 9.35. The molecule has 0 bridgehead atoms. The van der Waals surface area contributed by atoms with Crippen molar-refractivity contribution in [1.82, 2.24) is 15.3 Å². The first-order chi connectivity index (χ1) is 14.3. The van der Waals surface area contributed by atoms with Crippen molar-refractivity contribution >= 4 is 5.95 Å². The molecule has 29 heavy (non-hydrogen) atoms. The molecule has 1 fully saturated rings. The first-order valence-corrected chi connectivity index (χ1v) is 11.0. The van der Waals surface area contributed by atoms with Crippen molar-refractivity contribution in [2.75, 3.05) is 31.2 Å². The van der Waals surface area contributed by atoms with Crippen molar-refractivity contribution < 1.29 is 9.84 Å². The van der Waals surface area contributed by atoms with Gasteiger partial charge in [0.05, 0.1) is 12.3 Å². The Morgan fingerprint density at radius 1 is 1.17 bits per heavy atom. The number of piperidine rings is 1. The highest BCUT2D eigenvalue weighted by Gasteiger charge is 2.25. The molecule has 0 radical (unpaired) electrons. The van der Waals surface area contributed by atoms with Gasteiger partial charge < -0.3 is 20.1 Å². The number of aryl methyl sites for hydroxylation is 1. The van der Waals surface area contributed by atoms with Gasteiger partial charge in [-0.15, -0.1) is 0 Å². The average Bonchev–Trinajstić information content (AvgIpc) is 3.25. The molecule has 2 aliphatic heterocycles. The number of aromatic nitrogens is 2. The molecule has 6 nitrogen and oxygen atoms in total. The molecule has 1 saturated heterocycles. The Hall–Kier alpha value is -2.18. The van der Waals surface area contributed by atoms with Gasteiger partial charge in [0.15, 0.2) is 0 Å². The lowest BCUT2D eigenvalue weighted by atomic mass is 9.92. The van der Waals surface area contributed by atoms with Crippen LogP contribution in [-0.2, 0) is 19.4 Å². The van der Waals surface area contributed by atoms with Gasteiger partial charge in [0.1, 0.15) is 5.75 Å². The Bertz CT molecular complexity index is 864. The molecule has 2 aromatic rings. The smallest absolute Gasteiger partial charge is 0.225 e. The summed E-state index contributed by atoms with van der Waals surface area (Å²) in [6.07, 6.45) is 8.42. The summed E-state index contributed by atoms with van der Waals surface area (Å²) in [6, 6.07) is 6.85. The van der Waals surface area contributed by atoms with Crippen LogP contribution in [0.1, 0.15) is 54.1 Å². The van der Waals surface area contributed by atoms with E-state index in [1.54, 1.807) is 0 Å². The molecular formula is C23H30N4O2. The van der Waals surface area contributed by atoms with Crippen LogP contribution in [0.3, 0.4) is 0 Å². The fourth-order valence-electron chi connectivity index (χ4n) is 4.81. The first-order valence-electron chi connectivity index (χ1n) is 11.0. The van der Waals surface area contributed by atoms with Crippen LogP contribution in [0.15, 0.2) is 24.4 Å². The Labute approximate surface area is 172 Å². The van der Waals surface area contributed by atoms with E-state index in [4.69, 9.17) is 14.7 Å². The number of ether oxygens (including phenoxy) is 1. The van der Waals surface area contributed by atoms with Crippen molar-refractivity contribution in [3.8, 4) is 5.75 Å². The quantitative estimate of drug-likeness (QED) is 0.813. The zero-order valence-electron chi connectivity index (χ0n) is 16.9. The predicted octanol–water partition coefficient (Wildman–Crippen LogP) is 2.79. The van der Waals surface area contributed by atoms with E-state index >= 15 is 0 Å². The highest BCUT2D eigenvalue weighted by molar-refractivity contribution is 5.40. The highest BCUT2D eigenvalue weighted by atomic mass is 16.5. The zero-order valence-corrected chi connectivity index (χ0v) is 16.9. The van der Waals surface area contributed by atoms with Crippen LogP contribution in [0.4, 0.5) is 5.95 Å². The van der Waals surface area contributed by atoms with Gasteiger partial charge in [0.2, 0.25) is 5.95 Å². The summed E-state index contributed by atoms with van der Waals surface area (Å²) < 4.78 is 5.61. The zero-order chi connectivity index (χ0) is 19.6. The summed E-state index contributed by atoms with van der Waals surface area (Å²) in [7, 11) is 0. The second-order valence-electron chi connectivity index (χ2n) is 8.55. The number of aliphatic hydroxyl groups excluding tert-OH is 1. The molecule has 0 amide bonds. The minimum absolute atomic E-state index is 0.295. The minimum atomic E-state index is 0.295. The van der Waals surface area contributed by atoms with E-state index in [1.807, 2.05) is 6.20 Å². The van der Waals surface area contributed by atoms with E-state index < -0.39 is 0 Å². The molecule has 0 saturated carbocycles. The van der Waals surface area contributed by atoms with E-state index in [0.717, 1.165) is 76.5 Å². The fourth-order valence-corrected chi connectivity index (χ4v) is 4.81. The molecule has 2 N–H and O–H groups in total. The SMILES string of the molecule is OCC1CCN(c2ncc3c(n2)CCC[C@H]3NCc2ccc3c(c2)CCO3)CC1. The molecule has 0 unspecified atom stereocenters. The number of fused-ring (bicyclic) bond motifs is 2. The van der Waals surface area contributed by atoms with Crippen LogP contribution in [0.2, 0.25) is 0 Å². The monoisotopic (exact) mass is 394 g/mol. The van der Waals surface area contributed by atoms with Crippen LogP contribution in [0.25, 0.3) is 0 Å². The normalized spacial score (nSPS) is 21.6. The molecule has 6 heteroatoms. The standard InChI is InChI=1S/C23H30N4O2/c28-15-16-6-9-27(10-7-16)23-25-14-19-20(2-1-3-21(19)26-23)24-13-17-4-5-22-18(12-17)8-11-29-22/h4-5,12,14,16,20,24,28H,1-3,6-11,13,15H2/t20-/m1/s1. The van der Waals surface area contributed by atoms with Crippen molar-refractivity contribution in [2.24, 2.45) is 5.92 Å². The summed E-state index contributed by atoms with van der Waals surface area (Å²) in [5, 5.41) is 13.1. The molecule has 1 aromatic carbocycles. The molecule has 1 aliphatic carbocycles. The minimum Gasteiger partial charge on any atom is -0.493 e. The van der Waals surface area contributed by atoms with Gasteiger partial charge in [0.25, 0.3) is 0 Å². The topological polar surface area (TPSA) is 70.5 Å². The summed E-state index contributed by atoms with van der Waals surface area (Å²) in [6.45, 7) is 3.83. The number of nitrogens with zero attached hydrogens (tertiary/aromatic N) is 3. The van der Waals surface area contributed by atoms with Gasteiger partial charge in [0, 0.05) is 50.5 Å². The fraction of sp³-hybridized carbons (Fsp3) is 0.565. The Balaban J connectivity index is 1.26. The summed E-state index contributed by atoms with van der Waals surface area (Å²) >= 11 is 0. The Morgan fingerprint density at radius 2 is 2.07 bits per heavy atom. The van der Waals surface area contributed by atoms with Gasteiger partial charge in [-0.3, -0.25) is 0 Å². The van der Waals surface area contributed by atoms with E-state index in [0.29, 0.717) is 18.6 Å². The molecule has 5 rings (SSSR count). The van der Waals surface area contributed by atoms with Gasteiger partial charge in [-0.05, 0) is 55.2 Å². The van der Waals surface area contributed by atoms with Crippen LogP contribution in [0.5, 0.6) is 5.75 Å². The number of rotatable bonds is 5. The van der Waals surface area contributed by atoms with Crippen molar-refractivity contribution in [1.29, 1.82) is 0 Å². The Morgan fingerprint density at radius 3 is 2.93 bits per heavy atom. The van der Waals surface area contributed by atoms with Gasteiger partial charge >= 0.3 is 0 Å². The molecular weight excluding hydrogens is 364 g/mol. The van der Waals surface area contributed by atoms with Crippen LogP contribution in [-0.4, -0.2) is 41.4 Å². The third-order valence-corrected chi connectivity index (χ3v) is 6.63. The van der Waals surface area contributed by atoms with Gasteiger partial charge in [-0.2, -0.15) is 0 Å². The number of aliphatic hydroxyl groups is 1. The summed E-state index contributed by atoms with van der Waals surface area (Å²) in [5.74, 6) is 2.34. The number of anilines is 1. The Kier molecular flexibility index (Phi) is 5.38. The van der Waals surface area contributed by atoms with Crippen molar-refractivity contribution in [2.45, 2.75) is 51.1 Å². The number of nitrogens with one attached hydrogen (secondary N) is 1. The highest BCUT2D eigenvalue weighted by Crippen LogP contribution is 2.31. The maximum atomic E-state index is 9.35. The van der Waals surface area contributed by atoms with Gasteiger partial charge in [-0.25, -0.2) is 9.97 Å². The summed E-state index contributed by atoms with van der Waals surface area (Å²) in [4.78, 5) is 11.9. The van der Waals surface area contributed by atoms with Crippen LogP contribution >= 0.6 is 0 Å². The number of benzene rings is 1. The molecule has 154 valence electrons. The number of hydrogen-bond acceptors (Lipinski definition) is 6. The number of hydrogen-bond donors (Lipinski definition) is 2. The average molecular weight is 395 g/mol. The maximum Gasteiger partial charge on any atom is 0.225 e. The van der Waals surface area contributed by atoms with Gasteiger partial charge in [-0.1, -0.05) is 12.1 Å². The van der Waals surface area contributed by atoms with Crippen LogP contribution in [0, 0.1) is 5.92 Å². The lowest BCUT2D eigenvalue weighted by Crippen LogP contribution is -2.36. The first kappa shape index (κ1) is 18.8. The molecule has 0 spiro atoms. The van der Waals surface area contributed by atoms with E-state index in [-0.39, 0.29) is 0 Å². The summed E-state index contributed by atoms with van der Waals surface area (Å²) in [5.41, 5.74) is 5.09. The van der Waals surface area contributed by atoms with E-state index in [2.05, 4.69) is 28.4 Å². The molecule has 3 heterocycles. The molecule has 1 aromatic heterocycles. The van der Waals surface area contributed by atoms with Crippen molar-refractivity contribution in [3.63, 3.8) is 0 Å². The molecule has 3 aliphatic rings. The second-order valence-corrected chi connectivity index (χ2v) is 8.55. The molecule has 1 atom stereocenters. The third-order valence-electron chi connectivity index (χ3n) is 6.63. The predicted molar refractivity (Wildman–Crippen MR) is 112 cm³/mol. The lowest BCUT2D eigenvalue weighted by molar-refractivity contribution is 0.202. The third kappa shape index (κ3) is 3.96. The van der Waals surface area contributed by atoms with E-state index in [1.165, 1.54) is 22.4 Å². The van der Waals surface area contributed by atoms with E-state index in [9.17, 15) is 5.11 Å². The van der Waals surface area contributed by atoms with Crippen LogP contribution < -0.4 is 15.0 Å².